The largest absolute Gasteiger partial charge is 0.299 e. The molecule has 0 aliphatic carbocycles. The minimum absolute atomic E-state index is 0. The second-order valence-corrected chi connectivity index (χ2v) is 7.37. The molecule has 1 heterocycles. The van der Waals surface area contributed by atoms with Crippen molar-refractivity contribution < 1.29 is 9.18 Å². The van der Waals surface area contributed by atoms with Crippen LogP contribution in [0.2, 0.25) is 0 Å². The van der Waals surface area contributed by atoms with Crippen molar-refractivity contribution >= 4 is 30.0 Å². The molecule has 0 radical (unpaired) electrons. The number of Topliss-reactive ketones (excluding diaryl/α,β-unsaturated/α-hetero) is 1. The fraction of sp³-hybridized carbons (Fsp3) is 0.286. The summed E-state index contributed by atoms with van der Waals surface area (Å²) >= 11 is 1.84. The van der Waals surface area contributed by atoms with Crippen molar-refractivity contribution in [1.82, 2.24) is 4.90 Å². The van der Waals surface area contributed by atoms with Gasteiger partial charge in [-0.15, -0.1) is 12.4 Å². The predicted molar refractivity (Wildman–Crippen MR) is 109 cm³/mol. The number of thioether (sulfide) groups is 1. The summed E-state index contributed by atoms with van der Waals surface area (Å²) in [7, 11) is 0. The van der Waals surface area contributed by atoms with Gasteiger partial charge in [-0.3, -0.25) is 9.69 Å². The first-order valence-corrected chi connectivity index (χ1v) is 9.45. The number of hydrogen-bond donors (Lipinski definition) is 0. The standard InChI is InChI=1S/C21H22FNOS.ClH/c22-18-10-8-17(9-11-18)21(24)7-4-14-23-15-12-20(13-16-23)25-19-5-2-1-3-6-19;/h1-3,5-6,8-12H,4,7,13-16H2;1H. The molecule has 0 fully saturated rings. The van der Waals surface area contributed by atoms with Gasteiger partial charge in [0.05, 0.1) is 0 Å². The van der Waals surface area contributed by atoms with E-state index in [0.717, 1.165) is 32.5 Å². The van der Waals surface area contributed by atoms with Crippen LogP contribution < -0.4 is 0 Å². The molecule has 1 aliphatic rings. The van der Waals surface area contributed by atoms with E-state index in [9.17, 15) is 9.18 Å². The second kappa shape index (κ2) is 10.5. The van der Waals surface area contributed by atoms with Gasteiger partial charge >= 0.3 is 0 Å². The summed E-state index contributed by atoms with van der Waals surface area (Å²) in [4.78, 5) is 17.2. The number of rotatable bonds is 7. The molecule has 3 rings (SSSR count). The molecule has 0 amide bonds. The highest BCUT2D eigenvalue weighted by atomic mass is 35.5. The monoisotopic (exact) mass is 391 g/mol. The first kappa shape index (κ1) is 20.7. The van der Waals surface area contributed by atoms with Gasteiger partial charge in [-0.25, -0.2) is 4.39 Å². The minimum atomic E-state index is -0.305. The summed E-state index contributed by atoms with van der Waals surface area (Å²) in [6.07, 6.45) is 4.71. The highest BCUT2D eigenvalue weighted by molar-refractivity contribution is 8.03. The molecule has 0 saturated heterocycles. The third-order valence-corrected chi connectivity index (χ3v) is 5.43. The van der Waals surface area contributed by atoms with Gasteiger partial charge in [0.2, 0.25) is 0 Å². The molecule has 1 aliphatic heterocycles. The molecule has 0 aromatic heterocycles. The topological polar surface area (TPSA) is 20.3 Å². The lowest BCUT2D eigenvalue weighted by atomic mass is 10.1. The Labute approximate surface area is 164 Å². The Morgan fingerprint density at radius 2 is 1.81 bits per heavy atom. The molecule has 0 bridgehead atoms. The summed E-state index contributed by atoms with van der Waals surface area (Å²) in [5.74, 6) is -0.214. The minimum Gasteiger partial charge on any atom is -0.299 e. The van der Waals surface area contributed by atoms with E-state index in [2.05, 4.69) is 35.2 Å². The molecule has 2 aromatic rings. The van der Waals surface area contributed by atoms with Gasteiger partial charge in [0.1, 0.15) is 5.82 Å². The van der Waals surface area contributed by atoms with Crippen molar-refractivity contribution in [3.63, 3.8) is 0 Å². The Morgan fingerprint density at radius 1 is 1.08 bits per heavy atom. The van der Waals surface area contributed by atoms with E-state index in [0.29, 0.717) is 12.0 Å². The van der Waals surface area contributed by atoms with Crippen LogP contribution in [0.15, 0.2) is 70.5 Å². The first-order valence-electron chi connectivity index (χ1n) is 8.64. The van der Waals surface area contributed by atoms with E-state index < -0.39 is 0 Å². The van der Waals surface area contributed by atoms with E-state index in [1.165, 1.54) is 21.9 Å². The van der Waals surface area contributed by atoms with E-state index in [4.69, 9.17) is 0 Å². The van der Waals surface area contributed by atoms with Crippen LogP contribution in [0, 0.1) is 5.82 Å². The molecular weight excluding hydrogens is 369 g/mol. The Hall–Kier alpha value is -1.62. The fourth-order valence-corrected chi connectivity index (χ4v) is 3.82. The van der Waals surface area contributed by atoms with Crippen LogP contribution in [0.5, 0.6) is 0 Å². The quantitative estimate of drug-likeness (QED) is 0.573. The Kier molecular flexibility index (Phi) is 8.36. The molecular formula is C21H23ClFNOS. The number of hydrogen-bond acceptors (Lipinski definition) is 3. The van der Waals surface area contributed by atoms with Crippen molar-refractivity contribution in [1.29, 1.82) is 0 Å². The van der Waals surface area contributed by atoms with Crippen LogP contribution in [-0.2, 0) is 0 Å². The van der Waals surface area contributed by atoms with Crippen molar-refractivity contribution in [3.05, 3.63) is 77.0 Å². The van der Waals surface area contributed by atoms with Crippen LogP contribution in [-0.4, -0.2) is 30.3 Å². The molecule has 0 N–H and O–H groups in total. The zero-order chi connectivity index (χ0) is 17.5. The van der Waals surface area contributed by atoms with Crippen molar-refractivity contribution in [2.75, 3.05) is 19.6 Å². The highest BCUT2D eigenvalue weighted by Crippen LogP contribution is 2.30. The number of ketones is 1. The Bertz CT molecular complexity index is 733. The molecule has 0 saturated carbocycles. The van der Waals surface area contributed by atoms with Gasteiger partial charge in [-0.1, -0.05) is 36.0 Å². The SMILES string of the molecule is Cl.O=C(CCCN1CC=C(Sc2ccccc2)CC1)c1ccc(F)cc1. The van der Waals surface area contributed by atoms with Crippen molar-refractivity contribution in [2.24, 2.45) is 0 Å². The second-order valence-electron chi connectivity index (χ2n) is 6.17. The van der Waals surface area contributed by atoms with Crippen molar-refractivity contribution in [2.45, 2.75) is 24.2 Å². The number of carbonyl (C=O) groups excluding carboxylic acids is 1. The molecule has 0 unspecified atom stereocenters. The van der Waals surface area contributed by atoms with E-state index in [1.807, 2.05) is 17.8 Å². The molecule has 5 heteroatoms. The molecule has 0 atom stereocenters. The van der Waals surface area contributed by atoms with Gasteiger partial charge in [0.25, 0.3) is 0 Å². The van der Waals surface area contributed by atoms with E-state index in [-0.39, 0.29) is 24.0 Å². The summed E-state index contributed by atoms with van der Waals surface area (Å²) < 4.78 is 12.9. The highest BCUT2D eigenvalue weighted by Gasteiger charge is 2.13. The maximum Gasteiger partial charge on any atom is 0.162 e. The third-order valence-electron chi connectivity index (χ3n) is 4.29. The molecule has 0 spiro atoms. The zero-order valence-electron chi connectivity index (χ0n) is 14.6. The molecule has 2 aromatic carbocycles. The molecule has 2 nitrogen and oxygen atoms in total. The lowest BCUT2D eigenvalue weighted by molar-refractivity contribution is 0.0975. The molecule has 138 valence electrons. The fourth-order valence-electron chi connectivity index (χ4n) is 2.87. The summed E-state index contributed by atoms with van der Waals surface area (Å²) in [5.41, 5.74) is 0.599. The Morgan fingerprint density at radius 3 is 2.46 bits per heavy atom. The van der Waals surface area contributed by atoms with Crippen LogP contribution in [0.4, 0.5) is 4.39 Å². The third kappa shape index (κ3) is 6.27. The first-order chi connectivity index (χ1) is 12.2. The zero-order valence-corrected chi connectivity index (χ0v) is 16.2. The van der Waals surface area contributed by atoms with Crippen LogP contribution in [0.1, 0.15) is 29.6 Å². The Balaban J connectivity index is 0.00000243. The lowest BCUT2D eigenvalue weighted by Gasteiger charge is -2.25. The average Bonchev–Trinajstić information content (AvgIpc) is 2.64. The van der Waals surface area contributed by atoms with Gasteiger partial charge in [0, 0.05) is 30.0 Å². The maximum atomic E-state index is 12.9. The normalized spacial score (nSPS) is 14.4. The number of halogens is 2. The van der Waals surface area contributed by atoms with E-state index >= 15 is 0 Å². The van der Waals surface area contributed by atoms with Crippen LogP contribution in [0.3, 0.4) is 0 Å². The summed E-state index contributed by atoms with van der Waals surface area (Å²) in [6, 6.07) is 16.3. The van der Waals surface area contributed by atoms with Crippen LogP contribution >= 0.6 is 24.2 Å². The van der Waals surface area contributed by atoms with Crippen LogP contribution in [0.25, 0.3) is 0 Å². The van der Waals surface area contributed by atoms with Gasteiger partial charge in [0.15, 0.2) is 5.78 Å². The number of benzene rings is 2. The summed E-state index contributed by atoms with van der Waals surface area (Å²) in [5, 5.41) is 0. The number of carbonyl (C=O) groups is 1. The predicted octanol–water partition coefficient (Wildman–Crippen LogP) is 5.59. The lowest BCUT2D eigenvalue weighted by Crippen LogP contribution is -2.29. The molecule has 26 heavy (non-hydrogen) atoms. The van der Waals surface area contributed by atoms with Gasteiger partial charge in [-0.05, 0) is 60.7 Å². The van der Waals surface area contributed by atoms with Crippen molar-refractivity contribution in [3.8, 4) is 0 Å². The van der Waals surface area contributed by atoms with E-state index in [1.54, 1.807) is 12.1 Å². The number of nitrogens with zero attached hydrogens (tertiary/aromatic N) is 1. The van der Waals surface area contributed by atoms with Gasteiger partial charge < -0.3 is 0 Å². The summed E-state index contributed by atoms with van der Waals surface area (Å²) in [6.45, 7) is 2.91. The maximum absolute atomic E-state index is 12.9. The van der Waals surface area contributed by atoms with Gasteiger partial charge in [-0.2, -0.15) is 0 Å². The smallest absolute Gasteiger partial charge is 0.162 e. The average molecular weight is 392 g/mol.